The van der Waals surface area contributed by atoms with Gasteiger partial charge in [0, 0.05) is 23.6 Å². The van der Waals surface area contributed by atoms with E-state index in [1.54, 1.807) is 6.07 Å². The zero-order valence-corrected chi connectivity index (χ0v) is 10.4. The quantitative estimate of drug-likeness (QED) is 0.644. The maximum atomic E-state index is 10.9. The number of halogens is 1. The summed E-state index contributed by atoms with van der Waals surface area (Å²) in [5.74, 6) is 0.172. The summed E-state index contributed by atoms with van der Waals surface area (Å²) in [6, 6.07) is 4.56. The highest BCUT2D eigenvalue weighted by atomic mass is 79.9. The van der Waals surface area contributed by atoms with E-state index in [-0.39, 0.29) is 11.4 Å². The Balaban J connectivity index is 2.22. The molecule has 92 valence electrons. The van der Waals surface area contributed by atoms with Gasteiger partial charge in [0.05, 0.1) is 4.92 Å². The van der Waals surface area contributed by atoms with E-state index in [4.69, 9.17) is 4.74 Å². The number of nitro groups is 1. The summed E-state index contributed by atoms with van der Waals surface area (Å²) >= 11 is 3.17. The number of rotatable bonds is 3. The summed E-state index contributed by atoms with van der Waals surface area (Å²) in [7, 11) is 0. The van der Waals surface area contributed by atoms with Crippen molar-refractivity contribution in [1.82, 2.24) is 5.32 Å². The highest BCUT2D eigenvalue weighted by Crippen LogP contribution is 2.31. The molecule has 1 heterocycles. The summed E-state index contributed by atoms with van der Waals surface area (Å²) in [5.41, 5.74) is -0.113. The summed E-state index contributed by atoms with van der Waals surface area (Å²) < 4.78 is 6.07. The van der Waals surface area contributed by atoms with E-state index in [0.29, 0.717) is 17.6 Å². The summed E-state index contributed by atoms with van der Waals surface area (Å²) in [6.07, 6.45) is -1.09. The number of aliphatic hydroxyl groups excluding tert-OH is 1. The number of hydrogen-bond donors (Lipinski definition) is 2. The molecule has 0 saturated carbocycles. The normalized spacial score (nSPS) is 23.6. The molecule has 2 atom stereocenters. The molecule has 1 aromatic carbocycles. The van der Waals surface area contributed by atoms with Crippen LogP contribution in [0.2, 0.25) is 0 Å². The van der Waals surface area contributed by atoms with Gasteiger partial charge in [0.25, 0.3) is 0 Å². The van der Waals surface area contributed by atoms with Gasteiger partial charge in [0.2, 0.25) is 0 Å². The first kappa shape index (κ1) is 12.3. The third-order valence-electron chi connectivity index (χ3n) is 2.52. The molecule has 0 aliphatic carbocycles. The van der Waals surface area contributed by atoms with E-state index in [9.17, 15) is 15.2 Å². The van der Waals surface area contributed by atoms with E-state index in [1.807, 2.05) is 0 Å². The van der Waals surface area contributed by atoms with Crippen molar-refractivity contribution in [3.05, 3.63) is 32.8 Å². The largest absolute Gasteiger partial charge is 0.479 e. The Hall–Kier alpha value is -1.18. The number of nitrogens with one attached hydrogen (secondary N) is 1. The van der Waals surface area contributed by atoms with Crippen LogP contribution in [0.25, 0.3) is 0 Å². The number of nitro benzene ring substituents is 1. The number of benzene rings is 1. The Bertz CT molecular complexity index is 440. The third-order valence-corrected chi connectivity index (χ3v) is 3.02. The molecule has 1 saturated heterocycles. The maximum absolute atomic E-state index is 10.9. The van der Waals surface area contributed by atoms with Crippen LogP contribution in [0.4, 0.5) is 5.69 Å². The van der Waals surface area contributed by atoms with Crippen LogP contribution >= 0.6 is 15.9 Å². The minimum atomic E-state index is -0.641. The number of nitrogens with zero attached hydrogens (tertiary/aromatic N) is 1. The van der Waals surface area contributed by atoms with E-state index < -0.39 is 17.1 Å². The minimum Gasteiger partial charge on any atom is -0.479 e. The number of hydrogen-bond acceptors (Lipinski definition) is 5. The van der Waals surface area contributed by atoms with Crippen LogP contribution in [0.15, 0.2) is 22.7 Å². The molecule has 1 aliphatic heterocycles. The molecule has 0 amide bonds. The molecule has 7 heteroatoms. The second kappa shape index (κ2) is 4.99. The molecule has 0 bridgehead atoms. The lowest BCUT2D eigenvalue weighted by Crippen LogP contribution is -2.30. The summed E-state index contributed by atoms with van der Waals surface area (Å²) in [5, 5.41) is 23.4. The molecule has 2 rings (SSSR count). The van der Waals surface area contributed by atoms with Gasteiger partial charge < -0.3 is 15.2 Å². The zero-order chi connectivity index (χ0) is 12.4. The predicted molar refractivity (Wildman–Crippen MR) is 64.1 cm³/mol. The fourth-order valence-electron chi connectivity index (χ4n) is 1.66. The van der Waals surface area contributed by atoms with Gasteiger partial charge in [-0.3, -0.25) is 10.1 Å². The molecule has 17 heavy (non-hydrogen) atoms. The topological polar surface area (TPSA) is 84.6 Å². The van der Waals surface area contributed by atoms with Crippen LogP contribution in [-0.2, 0) is 0 Å². The number of aliphatic hydroxyl groups is 1. The van der Waals surface area contributed by atoms with Crippen LogP contribution in [0.1, 0.15) is 0 Å². The van der Waals surface area contributed by atoms with Crippen molar-refractivity contribution >= 4 is 21.6 Å². The van der Waals surface area contributed by atoms with Crippen LogP contribution in [0, 0.1) is 10.1 Å². The predicted octanol–water partition coefficient (Wildman–Crippen LogP) is 1.07. The van der Waals surface area contributed by atoms with Gasteiger partial charge in [-0.25, -0.2) is 0 Å². The van der Waals surface area contributed by atoms with E-state index in [0.717, 1.165) is 0 Å². The molecular weight excluding hydrogens is 292 g/mol. The van der Waals surface area contributed by atoms with Crippen molar-refractivity contribution in [2.24, 2.45) is 0 Å². The Morgan fingerprint density at radius 2 is 2.29 bits per heavy atom. The second-order valence-corrected chi connectivity index (χ2v) is 4.67. The fourth-order valence-corrected chi connectivity index (χ4v) is 2.01. The van der Waals surface area contributed by atoms with Crippen molar-refractivity contribution in [3.8, 4) is 5.75 Å². The highest BCUT2D eigenvalue weighted by molar-refractivity contribution is 9.10. The van der Waals surface area contributed by atoms with Crippen molar-refractivity contribution in [1.29, 1.82) is 0 Å². The first-order valence-corrected chi connectivity index (χ1v) is 5.86. The average Bonchev–Trinajstić information content (AvgIpc) is 2.67. The van der Waals surface area contributed by atoms with Gasteiger partial charge in [-0.15, -0.1) is 0 Å². The summed E-state index contributed by atoms with van der Waals surface area (Å²) in [6.45, 7) is 0.920. The van der Waals surface area contributed by atoms with Gasteiger partial charge in [-0.05, 0) is 12.1 Å². The Morgan fingerprint density at radius 3 is 2.88 bits per heavy atom. The lowest BCUT2D eigenvalue weighted by atomic mass is 10.2. The molecule has 0 spiro atoms. The third kappa shape index (κ3) is 2.74. The molecule has 1 aliphatic rings. The average molecular weight is 303 g/mol. The molecule has 1 fully saturated rings. The smallest absolute Gasteiger partial charge is 0.312 e. The first-order chi connectivity index (χ1) is 8.08. The minimum absolute atomic E-state index is 0.113. The zero-order valence-electron chi connectivity index (χ0n) is 8.80. The second-order valence-electron chi connectivity index (χ2n) is 3.75. The fraction of sp³-hybridized carbons (Fsp3) is 0.400. The first-order valence-electron chi connectivity index (χ1n) is 5.07. The lowest BCUT2D eigenvalue weighted by Gasteiger charge is -2.16. The lowest BCUT2D eigenvalue weighted by molar-refractivity contribution is -0.386. The van der Waals surface area contributed by atoms with Crippen LogP contribution < -0.4 is 10.1 Å². The highest BCUT2D eigenvalue weighted by Gasteiger charge is 2.29. The SMILES string of the molecule is O=[N+]([O-])c1cc(Br)ccc1OC1CNCC1O. The molecule has 0 aromatic heterocycles. The maximum Gasteiger partial charge on any atom is 0.312 e. The standard InChI is InChI=1S/C10H11BrN2O4/c11-6-1-2-9(7(3-6)13(15)16)17-10-5-12-4-8(10)14/h1-3,8,10,12,14H,4-5H2. The summed E-state index contributed by atoms with van der Waals surface area (Å²) in [4.78, 5) is 10.4. The number of β-amino-alcohol motifs (C(OH)–C–C–N with tert-alkyl or cyclic N) is 1. The van der Waals surface area contributed by atoms with Crippen molar-refractivity contribution < 1.29 is 14.8 Å². The van der Waals surface area contributed by atoms with Gasteiger partial charge in [-0.1, -0.05) is 15.9 Å². The van der Waals surface area contributed by atoms with Crippen molar-refractivity contribution in [2.75, 3.05) is 13.1 Å². The van der Waals surface area contributed by atoms with E-state index in [2.05, 4.69) is 21.2 Å². The van der Waals surface area contributed by atoms with Crippen molar-refractivity contribution in [3.63, 3.8) is 0 Å². The van der Waals surface area contributed by atoms with Gasteiger partial charge in [0.1, 0.15) is 12.2 Å². The van der Waals surface area contributed by atoms with Crippen molar-refractivity contribution in [2.45, 2.75) is 12.2 Å². The molecule has 2 N–H and O–H groups in total. The van der Waals surface area contributed by atoms with Gasteiger partial charge in [0.15, 0.2) is 5.75 Å². The molecule has 2 unspecified atom stereocenters. The Kier molecular flexibility index (Phi) is 3.60. The van der Waals surface area contributed by atoms with Crippen LogP contribution in [0.5, 0.6) is 5.75 Å². The number of ether oxygens (including phenoxy) is 1. The Morgan fingerprint density at radius 1 is 1.53 bits per heavy atom. The molecule has 0 radical (unpaired) electrons. The Labute approximate surface area is 106 Å². The van der Waals surface area contributed by atoms with Crippen LogP contribution in [-0.4, -0.2) is 35.3 Å². The monoisotopic (exact) mass is 302 g/mol. The van der Waals surface area contributed by atoms with Crippen LogP contribution in [0.3, 0.4) is 0 Å². The molecule has 1 aromatic rings. The molecular formula is C10H11BrN2O4. The van der Waals surface area contributed by atoms with E-state index in [1.165, 1.54) is 12.1 Å². The van der Waals surface area contributed by atoms with Gasteiger partial charge in [-0.2, -0.15) is 0 Å². The molecule has 6 nitrogen and oxygen atoms in total. The van der Waals surface area contributed by atoms with Gasteiger partial charge >= 0.3 is 5.69 Å². The van der Waals surface area contributed by atoms with E-state index >= 15 is 0 Å².